The fraction of sp³-hybridized carbons (Fsp3) is 1.00. The molecule has 1 aliphatic carbocycles. The van der Waals surface area contributed by atoms with Gasteiger partial charge in [-0.05, 0) is 65.0 Å². The van der Waals surface area contributed by atoms with Crippen molar-refractivity contribution < 1.29 is 4.74 Å². The van der Waals surface area contributed by atoms with Gasteiger partial charge in [-0.1, -0.05) is 0 Å². The number of ether oxygens (including phenoxy) is 1. The molecule has 3 atom stereocenters. The standard InChI is InChI=1S/C15H30N2O/c1-12(2)17-8-7-13(11-17)10-16-14-5-4-6-15(9-14)18-3/h12-16H,4-11H2,1-3H3. The Morgan fingerprint density at radius 3 is 2.78 bits per heavy atom. The van der Waals surface area contributed by atoms with Gasteiger partial charge in [-0.25, -0.2) is 0 Å². The maximum Gasteiger partial charge on any atom is 0.0586 e. The highest BCUT2D eigenvalue weighted by atomic mass is 16.5. The lowest BCUT2D eigenvalue weighted by Gasteiger charge is -2.30. The summed E-state index contributed by atoms with van der Waals surface area (Å²) in [6.07, 6.45) is 6.97. The molecule has 1 N–H and O–H groups in total. The van der Waals surface area contributed by atoms with Crippen LogP contribution in [0.2, 0.25) is 0 Å². The molecule has 2 aliphatic rings. The molecule has 3 heteroatoms. The van der Waals surface area contributed by atoms with E-state index in [9.17, 15) is 0 Å². The van der Waals surface area contributed by atoms with Crippen LogP contribution in [0, 0.1) is 5.92 Å². The largest absolute Gasteiger partial charge is 0.381 e. The molecular weight excluding hydrogens is 224 g/mol. The molecule has 18 heavy (non-hydrogen) atoms. The Balaban J connectivity index is 1.66. The number of likely N-dealkylation sites (tertiary alicyclic amines) is 1. The smallest absolute Gasteiger partial charge is 0.0586 e. The van der Waals surface area contributed by atoms with Gasteiger partial charge >= 0.3 is 0 Å². The lowest BCUT2D eigenvalue weighted by molar-refractivity contribution is 0.0582. The molecule has 1 heterocycles. The molecule has 2 fully saturated rings. The van der Waals surface area contributed by atoms with Gasteiger partial charge in [-0.15, -0.1) is 0 Å². The van der Waals surface area contributed by atoms with Crippen molar-refractivity contribution in [2.24, 2.45) is 5.92 Å². The molecule has 1 saturated carbocycles. The van der Waals surface area contributed by atoms with Crippen molar-refractivity contribution in [2.45, 2.75) is 64.1 Å². The fourth-order valence-electron chi connectivity index (χ4n) is 3.38. The molecule has 0 radical (unpaired) electrons. The van der Waals surface area contributed by atoms with Crippen LogP contribution in [0.1, 0.15) is 46.0 Å². The highest BCUT2D eigenvalue weighted by Gasteiger charge is 2.26. The van der Waals surface area contributed by atoms with E-state index in [1.807, 2.05) is 7.11 Å². The number of hydrogen-bond acceptors (Lipinski definition) is 3. The Kier molecular flexibility index (Phi) is 5.46. The van der Waals surface area contributed by atoms with E-state index < -0.39 is 0 Å². The number of nitrogens with zero attached hydrogens (tertiary/aromatic N) is 1. The second-order valence-corrected chi connectivity index (χ2v) is 6.37. The summed E-state index contributed by atoms with van der Waals surface area (Å²) in [4.78, 5) is 2.60. The van der Waals surface area contributed by atoms with Gasteiger partial charge in [0.2, 0.25) is 0 Å². The van der Waals surface area contributed by atoms with E-state index in [0.29, 0.717) is 18.2 Å². The summed E-state index contributed by atoms with van der Waals surface area (Å²) in [5, 5.41) is 3.78. The molecule has 0 bridgehead atoms. The van der Waals surface area contributed by atoms with Crippen LogP contribution in [0.5, 0.6) is 0 Å². The zero-order valence-electron chi connectivity index (χ0n) is 12.3. The number of methoxy groups -OCH3 is 1. The summed E-state index contributed by atoms with van der Waals surface area (Å²) >= 11 is 0. The molecule has 3 unspecified atom stereocenters. The number of rotatable bonds is 5. The highest BCUT2D eigenvalue weighted by molar-refractivity contribution is 4.83. The predicted octanol–water partition coefficient (Wildman–Crippen LogP) is 2.26. The minimum atomic E-state index is 0.493. The van der Waals surface area contributed by atoms with E-state index in [0.717, 1.165) is 5.92 Å². The van der Waals surface area contributed by atoms with Crippen molar-refractivity contribution in [1.82, 2.24) is 10.2 Å². The Labute approximate surface area is 112 Å². The van der Waals surface area contributed by atoms with E-state index in [-0.39, 0.29) is 0 Å². The van der Waals surface area contributed by atoms with Gasteiger partial charge in [0.05, 0.1) is 6.10 Å². The molecule has 2 rings (SSSR count). The molecule has 0 amide bonds. The maximum absolute atomic E-state index is 5.49. The maximum atomic E-state index is 5.49. The zero-order chi connectivity index (χ0) is 13.0. The Morgan fingerprint density at radius 1 is 1.28 bits per heavy atom. The van der Waals surface area contributed by atoms with Gasteiger partial charge in [0.15, 0.2) is 0 Å². The van der Waals surface area contributed by atoms with Gasteiger partial charge in [0, 0.05) is 25.7 Å². The number of nitrogens with one attached hydrogen (secondary N) is 1. The zero-order valence-corrected chi connectivity index (χ0v) is 12.3. The Bertz CT molecular complexity index is 245. The molecule has 0 spiro atoms. The summed E-state index contributed by atoms with van der Waals surface area (Å²) < 4.78 is 5.49. The van der Waals surface area contributed by atoms with Gasteiger partial charge in [-0.3, -0.25) is 0 Å². The minimum absolute atomic E-state index is 0.493. The molecule has 3 nitrogen and oxygen atoms in total. The topological polar surface area (TPSA) is 24.5 Å². The summed E-state index contributed by atoms with van der Waals surface area (Å²) in [5.74, 6) is 0.857. The van der Waals surface area contributed by atoms with Crippen LogP contribution < -0.4 is 5.32 Å². The van der Waals surface area contributed by atoms with Gasteiger partial charge in [0.25, 0.3) is 0 Å². The van der Waals surface area contributed by atoms with Gasteiger partial charge < -0.3 is 15.0 Å². The Morgan fingerprint density at radius 2 is 2.11 bits per heavy atom. The van der Waals surface area contributed by atoms with Gasteiger partial charge in [0.1, 0.15) is 0 Å². The third-order valence-corrected chi connectivity index (χ3v) is 4.70. The third kappa shape index (κ3) is 3.94. The van der Waals surface area contributed by atoms with Crippen molar-refractivity contribution >= 4 is 0 Å². The van der Waals surface area contributed by atoms with Crippen LogP contribution in [-0.2, 0) is 4.74 Å². The van der Waals surface area contributed by atoms with Crippen molar-refractivity contribution in [1.29, 1.82) is 0 Å². The van der Waals surface area contributed by atoms with Crippen molar-refractivity contribution in [3.63, 3.8) is 0 Å². The summed E-state index contributed by atoms with van der Waals surface area (Å²) in [6.45, 7) is 8.38. The van der Waals surface area contributed by atoms with Crippen LogP contribution in [-0.4, -0.2) is 49.8 Å². The lowest BCUT2D eigenvalue weighted by Crippen LogP contribution is -2.39. The van der Waals surface area contributed by atoms with Crippen molar-refractivity contribution in [3.8, 4) is 0 Å². The molecule has 1 aliphatic heterocycles. The van der Waals surface area contributed by atoms with Crippen molar-refractivity contribution in [3.05, 3.63) is 0 Å². The summed E-state index contributed by atoms with van der Waals surface area (Å²) in [7, 11) is 1.85. The van der Waals surface area contributed by atoms with Crippen LogP contribution >= 0.6 is 0 Å². The first-order valence-corrected chi connectivity index (χ1v) is 7.69. The average molecular weight is 254 g/mol. The van der Waals surface area contributed by atoms with Gasteiger partial charge in [-0.2, -0.15) is 0 Å². The second kappa shape index (κ2) is 6.88. The normalized spacial score (nSPS) is 34.3. The van der Waals surface area contributed by atoms with E-state index in [4.69, 9.17) is 4.74 Å². The monoisotopic (exact) mass is 254 g/mol. The molecule has 106 valence electrons. The lowest BCUT2D eigenvalue weighted by atomic mass is 9.92. The molecule has 1 saturated heterocycles. The number of hydrogen-bond donors (Lipinski definition) is 1. The van der Waals surface area contributed by atoms with Crippen LogP contribution in [0.4, 0.5) is 0 Å². The molecule has 0 aromatic carbocycles. The quantitative estimate of drug-likeness (QED) is 0.814. The molecule has 0 aromatic heterocycles. The molecular formula is C15H30N2O. The minimum Gasteiger partial charge on any atom is -0.381 e. The average Bonchev–Trinajstić information content (AvgIpc) is 2.85. The van der Waals surface area contributed by atoms with E-state index in [1.54, 1.807) is 0 Å². The Hall–Kier alpha value is -0.120. The first kappa shape index (κ1) is 14.3. The first-order chi connectivity index (χ1) is 8.69. The predicted molar refractivity (Wildman–Crippen MR) is 75.9 cm³/mol. The second-order valence-electron chi connectivity index (χ2n) is 6.37. The van der Waals surface area contributed by atoms with E-state index in [1.165, 1.54) is 51.7 Å². The fourth-order valence-corrected chi connectivity index (χ4v) is 3.38. The van der Waals surface area contributed by atoms with E-state index in [2.05, 4.69) is 24.1 Å². The van der Waals surface area contributed by atoms with Crippen molar-refractivity contribution in [2.75, 3.05) is 26.7 Å². The third-order valence-electron chi connectivity index (χ3n) is 4.70. The summed E-state index contributed by atoms with van der Waals surface area (Å²) in [5.41, 5.74) is 0. The van der Waals surface area contributed by atoms with Crippen LogP contribution in [0.15, 0.2) is 0 Å². The van der Waals surface area contributed by atoms with Crippen LogP contribution in [0.3, 0.4) is 0 Å². The highest BCUT2D eigenvalue weighted by Crippen LogP contribution is 2.22. The van der Waals surface area contributed by atoms with Crippen LogP contribution in [0.25, 0.3) is 0 Å². The molecule has 0 aromatic rings. The SMILES string of the molecule is COC1CCCC(NCC2CCN(C(C)C)C2)C1. The summed E-state index contributed by atoms with van der Waals surface area (Å²) in [6, 6.07) is 1.40. The first-order valence-electron chi connectivity index (χ1n) is 7.69. The van der Waals surface area contributed by atoms with E-state index >= 15 is 0 Å².